The van der Waals surface area contributed by atoms with Crippen LogP contribution in [-0.2, 0) is 6.54 Å². The molecule has 4 rings (SSSR count). The molecule has 2 atom stereocenters. The van der Waals surface area contributed by atoms with Crippen molar-refractivity contribution in [3.8, 4) is 0 Å². The summed E-state index contributed by atoms with van der Waals surface area (Å²) in [6, 6.07) is 15.7. The van der Waals surface area contributed by atoms with Crippen LogP contribution in [0.2, 0.25) is 0 Å². The van der Waals surface area contributed by atoms with Gasteiger partial charge < -0.3 is 5.32 Å². The molecule has 1 aliphatic heterocycles. The Labute approximate surface area is 126 Å². The molecule has 1 aromatic heterocycles. The maximum absolute atomic E-state index is 4.25. The number of nitrogens with one attached hydrogen (secondary N) is 1. The summed E-state index contributed by atoms with van der Waals surface area (Å²) in [4.78, 5) is 6.83. The predicted octanol–water partition coefficient (Wildman–Crippen LogP) is 2.93. The number of piperidine rings is 1. The van der Waals surface area contributed by atoms with Crippen LogP contribution in [0.15, 0.2) is 48.7 Å². The summed E-state index contributed by atoms with van der Waals surface area (Å²) in [6.07, 6.45) is 1.89. The highest BCUT2D eigenvalue weighted by Gasteiger charge is 2.55. The van der Waals surface area contributed by atoms with Crippen molar-refractivity contribution in [1.82, 2.24) is 9.88 Å². The zero-order chi connectivity index (χ0) is 14.2. The second-order valence-electron chi connectivity index (χ2n) is 6.36. The van der Waals surface area contributed by atoms with E-state index in [9.17, 15) is 0 Å². The first kappa shape index (κ1) is 12.8. The first-order chi connectivity index (χ1) is 10.3. The van der Waals surface area contributed by atoms with Crippen LogP contribution in [0, 0.1) is 18.8 Å². The van der Waals surface area contributed by atoms with Gasteiger partial charge in [-0.2, -0.15) is 0 Å². The highest BCUT2D eigenvalue weighted by Crippen LogP contribution is 2.47. The van der Waals surface area contributed by atoms with E-state index in [2.05, 4.69) is 57.7 Å². The molecule has 2 fully saturated rings. The van der Waals surface area contributed by atoms with Crippen LogP contribution >= 0.6 is 0 Å². The van der Waals surface area contributed by atoms with Gasteiger partial charge in [0.15, 0.2) is 0 Å². The molecule has 21 heavy (non-hydrogen) atoms. The Morgan fingerprint density at radius 1 is 1.14 bits per heavy atom. The number of benzene rings is 1. The minimum absolute atomic E-state index is 0.666. The average Bonchev–Trinajstić information content (AvgIpc) is 2.94. The Morgan fingerprint density at radius 3 is 2.62 bits per heavy atom. The smallest absolute Gasteiger partial charge is 0.0393 e. The number of pyridine rings is 1. The minimum Gasteiger partial charge on any atom is -0.382 e. The third-order valence-corrected chi connectivity index (χ3v) is 4.75. The number of rotatable bonds is 4. The third kappa shape index (κ3) is 2.66. The topological polar surface area (TPSA) is 28.2 Å². The van der Waals surface area contributed by atoms with Gasteiger partial charge in [0, 0.05) is 43.3 Å². The fourth-order valence-corrected chi connectivity index (χ4v) is 3.63. The molecule has 1 N–H and O–H groups in total. The number of anilines is 1. The van der Waals surface area contributed by atoms with E-state index in [0.29, 0.717) is 6.04 Å². The van der Waals surface area contributed by atoms with Gasteiger partial charge in [-0.1, -0.05) is 30.3 Å². The summed E-state index contributed by atoms with van der Waals surface area (Å²) in [7, 11) is 0. The number of hydrogen-bond acceptors (Lipinski definition) is 3. The van der Waals surface area contributed by atoms with Gasteiger partial charge in [0.1, 0.15) is 0 Å². The van der Waals surface area contributed by atoms with Gasteiger partial charge in [0.25, 0.3) is 0 Å². The number of hydrogen-bond donors (Lipinski definition) is 1. The second-order valence-corrected chi connectivity index (χ2v) is 6.36. The molecule has 0 bridgehead atoms. The maximum Gasteiger partial charge on any atom is 0.0393 e. The zero-order valence-electron chi connectivity index (χ0n) is 12.4. The molecule has 2 aliphatic rings. The van der Waals surface area contributed by atoms with Gasteiger partial charge in [-0.25, -0.2) is 0 Å². The summed E-state index contributed by atoms with van der Waals surface area (Å²) in [6.45, 7) is 5.58. The van der Waals surface area contributed by atoms with Gasteiger partial charge >= 0.3 is 0 Å². The molecule has 1 aromatic carbocycles. The first-order valence-electron chi connectivity index (χ1n) is 7.75. The largest absolute Gasteiger partial charge is 0.382 e. The van der Waals surface area contributed by atoms with Crippen LogP contribution in [-0.4, -0.2) is 29.0 Å². The molecular weight excluding hydrogens is 258 g/mol. The van der Waals surface area contributed by atoms with Gasteiger partial charge in [-0.3, -0.25) is 9.88 Å². The van der Waals surface area contributed by atoms with Crippen LogP contribution in [0.4, 0.5) is 5.69 Å². The SMILES string of the molecule is Cc1cc(NC2C3CN(Cc4ccccc4)CC32)ccn1. The number of aryl methyl sites for hydroxylation is 1. The molecule has 2 heterocycles. The Hall–Kier alpha value is -1.87. The summed E-state index contributed by atoms with van der Waals surface area (Å²) in [5.74, 6) is 1.64. The van der Waals surface area contributed by atoms with Gasteiger partial charge in [-0.05, 0) is 36.5 Å². The molecule has 0 spiro atoms. The molecule has 0 radical (unpaired) electrons. The minimum atomic E-state index is 0.666. The van der Waals surface area contributed by atoms with Crippen LogP contribution < -0.4 is 5.32 Å². The van der Waals surface area contributed by atoms with Crippen molar-refractivity contribution in [1.29, 1.82) is 0 Å². The summed E-state index contributed by atoms with van der Waals surface area (Å²) < 4.78 is 0. The summed E-state index contributed by atoms with van der Waals surface area (Å²) >= 11 is 0. The second kappa shape index (κ2) is 5.15. The number of nitrogens with zero attached hydrogens (tertiary/aromatic N) is 2. The van der Waals surface area contributed by atoms with E-state index in [0.717, 1.165) is 24.1 Å². The van der Waals surface area contributed by atoms with Crippen molar-refractivity contribution < 1.29 is 0 Å². The van der Waals surface area contributed by atoms with E-state index in [4.69, 9.17) is 0 Å². The molecule has 3 nitrogen and oxygen atoms in total. The van der Waals surface area contributed by atoms with Gasteiger partial charge in [-0.15, -0.1) is 0 Å². The van der Waals surface area contributed by atoms with Crippen LogP contribution in [0.25, 0.3) is 0 Å². The van der Waals surface area contributed by atoms with Crippen molar-refractivity contribution in [3.05, 3.63) is 59.9 Å². The highest BCUT2D eigenvalue weighted by molar-refractivity contribution is 5.46. The van der Waals surface area contributed by atoms with E-state index in [1.54, 1.807) is 0 Å². The Balaban J connectivity index is 1.31. The van der Waals surface area contributed by atoms with Gasteiger partial charge in [0.05, 0.1) is 0 Å². The predicted molar refractivity (Wildman–Crippen MR) is 85.1 cm³/mol. The lowest BCUT2D eigenvalue weighted by atomic mass is 10.2. The molecule has 2 unspecified atom stereocenters. The monoisotopic (exact) mass is 279 g/mol. The van der Waals surface area contributed by atoms with Crippen LogP contribution in [0.1, 0.15) is 11.3 Å². The van der Waals surface area contributed by atoms with Crippen molar-refractivity contribution in [2.75, 3.05) is 18.4 Å². The Kier molecular flexibility index (Phi) is 3.15. The third-order valence-electron chi connectivity index (χ3n) is 4.75. The molecule has 3 heteroatoms. The lowest BCUT2D eigenvalue weighted by Gasteiger charge is -2.20. The molecule has 0 amide bonds. The van der Waals surface area contributed by atoms with E-state index < -0.39 is 0 Å². The van der Waals surface area contributed by atoms with Crippen molar-refractivity contribution in [3.63, 3.8) is 0 Å². The molecule has 1 saturated heterocycles. The van der Waals surface area contributed by atoms with Gasteiger partial charge in [0.2, 0.25) is 0 Å². The lowest BCUT2D eigenvalue weighted by Crippen LogP contribution is -2.27. The quantitative estimate of drug-likeness (QED) is 0.932. The highest BCUT2D eigenvalue weighted by atomic mass is 15.2. The molecule has 1 saturated carbocycles. The normalized spacial score (nSPS) is 27.4. The number of aromatic nitrogens is 1. The molecular formula is C18H21N3. The average molecular weight is 279 g/mol. The number of fused-ring (bicyclic) bond motifs is 1. The number of likely N-dealkylation sites (tertiary alicyclic amines) is 1. The molecule has 2 aromatic rings. The summed E-state index contributed by atoms with van der Waals surface area (Å²) in [5.41, 5.74) is 3.72. The van der Waals surface area contributed by atoms with Crippen molar-refractivity contribution in [2.45, 2.75) is 19.5 Å². The van der Waals surface area contributed by atoms with E-state index in [-0.39, 0.29) is 0 Å². The van der Waals surface area contributed by atoms with Crippen molar-refractivity contribution >= 4 is 5.69 Å². The summed E-state index contributed by atoms with van der Waals surface area (Å²) in [5, 5.41) is 3.68. The van der Waals surface area contributed by atoms with E-state index in [1.807, 2.05) is 13.1 Å². The Morgan fingerprint density at radius 2 is 1.90 bits per heavy atom. The molecule has 108 valence electrons. The van der Waals surface area contributed by atoms with E-state index >= 15 is 0 Å². The fraction of sp³-hybridized carbons (Fsp3) is 0.389. The van der Waals surface area contributed by atoms with E-state index in [1.165, 1.54) is 24.3 Å². The first-order valence-corrected chi connectivity index (χ1v) is 7.75. The fourth-order valence-electron chi connectivity index (χ4n) is 3.63. The van der Waals surface area contributed by atoms with Crippen LogP contribution in [0.5, 0.6) is 0 Å². The Bertz CT molecular complexity index is 613. The standard InChI is InChI=1S/C18H21N3/c1-13-9-15(7-8-19-13)20-18-16-11-21(12-17(16)18)10-14-5-3-2-4-6-14/h2-9,16-18H,10-12H2,1H3,(H,19,20). The molecule has 1 aliphatic carbocycles. The van der Waals surface area contributed by atoms with Crippen LogP contribution in [0.3, 0.4) is 0 Å². The maximum atomic E-state index is 4.25. The zero-order valence-corrected chi connectivity index (χ0v) is 12.4. The van der Waals surface area contributed by atoms with Crippen molar-refractivity contribution in [2.24, 2.45) is 11.8 Å². The lowest BCUT2D eigenvalue weighted by molar-refractivity contribution is 0.293.